The number of benzene rings is 3. The minimum Gasteiger partial charge on any atom is -0.497 e. The summed E-state index contributed by atoms with van der Waals surface area (Å²) in [7, 11) is 3.10. The Morgan fingerprint density at radius 3 is 2.26 bits per heavy atom. The number of nitrogens with zero attached hydrogens (tertiary/aromatic N) is 1. The molecule has 3 aromatic carbocycles. The van der Waals surface area contributed by atoms with Crippen LogP contribution in [0.25, 0.3) is 5.57 Å². The second-order valence-corrected chi connectivity index (χ2v) is 7.09. The van der Waals surface area contributed by atoms with Gasteiger partial charge < -0.3 is 14.8 Å². The third-order valence-corrected chi connectivity index (χ3v) is 5.07. The van der Waals surface area contributed by atoms with E-state index in [-0.39, 0.29) is 11.6 Å². The lowest BCUT2D eigenvalue weighted by Gasteiger charge is -2.16. The molecule has 4 rings (SSSR count). The van der Waals surface area contributed by atoms with E-state index in [4.69, 9.17) is 9.47 Å². The quantitative estimate of drug-likeness (QED) is 0.605. The van der Waals surface area contributed by atoms with E-state index in [9.17, 15) is 9.59 Å². The summed E-state index contributed by atoms with van der Waals surface area (Å²) in [6.07, 6.45) is 0. The smallest absolute Gasteiger partial charge is 0.282 e. The highest BCUT2D eigenvalue weighted by Gasteiger charge is 2.40. The Hall–Kier alpha value is -4.06. The van der Waals surface area contributed by atoms with Crippen molar-refractivity contribution in [3.05, 3.63) is 89.6 Å². The van der Waals surface area contributed by atoms with Crippen LogP contribution in [0.15, 0.2) is 78.5 Å². The van der Waals surface area contributed by atoms with Crippen LogP contribution < -0.4 is 19.7 Å². The van der Waals surface area contributed by atoms with E-state index >= 15 is 0 Å². The molecule has 1 aliphatic heterocycles. The maximum absolute atomic E-state index is 13.5. The largest absolute Gasteiger partial charge is 0.497 e. The van der Waals surface area contributed by atoms with E-state index in [1.807, 2.05) is 55.5 Å². The molecule has 1 heterocycles. The van der Waals surface area contributed by atoms with Gasteiger partial charge in [0.25, 0.3) is 11.8 Å². The summed E-state index contributed by atoms with van der Waals surface area (Å²) < 4.78 is 10.7. The molecule has 3 aromatic rings. The van der Waals surface area contributed by atoms with Gasteiger partial charge in [-0.05, 0) is 42.3 Å². The summed E-state index contributed by atoms with van der Waals surface area (Å²) in [5.74, 6) is 0.304. The molecule has 0 saturated carbocycles. The van der Waals surface area contributed by atoms with Crippen LogP contribution in [-0.4, -0.2) is 26.0 Å². The minimum absolute atomic E-state index is 0.184. The lowest BCUT2D eigenvalue weighted by molar-refractivity contribution is -0.120. The van der Waals surface area contributed by atoms with Crippen molar-refractivity contribution in [3.63, 3.8) is 0 Å². The number of hydrogen-bond donors (Lipinski definition) is 1. The Morgan fingerprint density at radius 2 is 1.58 bits per heavy atom. The van der Waals surface area contributed by atoms with Gasteiger partial charge in [-0.15, -0.1) is 0 Å². The molecule has 31 heavy (non-hydrogen) atoms. The van der Waals surface area contributed by atoms with Crippen molar-refractivity contribution in [1.82, 2.24) is 0 Å². The topological polar surface area (TPSA) is 67.9 Å². The zero-order valence-electron chi connectivity index (χ0n) is 17.5. The predicted molar refractivity (Wildman–Crippen MR) is 120 cm³/mol. The molecule has 0 bridgehead atoms. The fraction of sp³-hybridized carbons (Fsp3) is 0.120. The summed E-state index contributed by atoms with van der Waals surface area (Å²) in [6, 6.07) is 21.7. The van der Waals surface area contributed by atoms with Crippen molar-refractivity contribution in [1.29, 1.82) is 0 Å². The van der Waals surface area contributed by atoms with Gasteiger partial charge in [0.1, 0.15) is 17.2 Å². The molecule has 6 nitrogen and oxygen atoms in total. The number of ether oxygens (including phenoxy) is 2. The first-order chi connectivity index (χ1) is 15.0. The van der Waals surface area contributed by atoms with Crippen LogP contribution in [0, 0.1) is 6.92 Å². The Labute approximate surface area is 180 Å². The van der Waals surface area contributed by atoms with Crippen molar-refractivity contribution in [2.45, 2.75) is 6.92 Å². The zero-order chi connectivity index (χ0) is 22.0. The predicted octanol–water partition coefficient (Wildman–Crippen LogP) is 4.41. The summed E-state index contributed by atoms with van der Waals surface area (Å²) in [6.45, 7) is 1.92. The highest BCUT2D eigenvalue weighted by Crippen LogP contribution is 2.37. The Morgan fingerprint density at radius 1 is 0.806 bits per heavy atom. The first kappa shape index (κ1) is 20.2. The number of methoxy groups -OCH3 is 2. The average Bonchev–Trinajstić information content (AvgIpc) is 3.03. The normalized spacial score (nSPS) is 13.6. The molecule has 2 amide bonds. The number of nitrogens with one attached hydrogen (secondary N) is 1. The van der Waals surface area contributed by atoms with Gasteiger partial charge in [0.2, 0.25) is 0 Å². The molecule has 156 valence electrons. The molecule has 1 aliphatic rings. The second-order valence-electron chi connectivity index (χ2n) is 7.09. The van der Waals surface area contributed by atoms with Crippen LogP contribution in [-0.2, 0) is 9.59 Å². The standard InChI is InChI=1S/C25H22N2O4/c1-16-8-7-11-18(14-16)27-24(28)22(17-9-5-4-6-10-17)23(25(27)29)26-20-15-19(30-2)12-13-21(20)31-3/h4-15,26H,1-3H3. The van der Waals surface area contributed by atoms with Crippen LogP contribution >= 0.6 is 0 Å². The van der Waals surface area contributed by atoms with Gasteiger partial charge in [-0.25, -0.2) is 4.90 Å². The first-order valence-corrected chi connectivity index (χ1v) is 9.77. The molecule has 0 spiro atoms. The first-order valence-electron chi connectivity index (χ1n) is 9.77. The summed E-state index contributed by atoms with van der Waals surface area (Å²) in [5, 5.41) is 3.14. The van der Waals surface area contributed by atoms with Gasteiger partial charge in [0.15, 0.2) is 0 Å². The lowest BCUT2D eigenvalue weighted by atomic mass is 10.0. The fourth-order valence-corrected chi connectivity index (χ4v) is 3.57. The van der Waals surface area contributed by atoms with Crippen LogP contribution in [0.4, 0.5) is 11.4 Å². The molecular formula is C25H22N2O4. The van der Waals surface area contributed by atoms with Gasteiger partial charge in [-0.1, -0.05) is 42.5 Å². The third-order valence-electron chi connectivity index (χ3n) is 5.07. The van der Waals surface area contributed by atoms with Crippen LogP contribution in [0.1, 0.15) is 11.1 Å². The Balaban J connectivity index is 1.85. The van der Waals surface area contributed by atoms with Crippen LogP contribution in [0.5, 0.6) is 11.5 Å². The van der Waals surface area contributed by atoms with Crippen molar-refractivity contribution < 1.29 is 19.1 Å². The molecule has 0 unspecified atom stereocenters. The van der Waals surface area contributed by atoms with E-state index < -0.39 is 5.91 Å². The number of amides is 2. The van der Waals surface area contributed by atoms with E-state index in [2.05, 4.69) is 5.32 Å². The Bertz CT molecular complexity index is 1190. The van der Waals surface area contributed by atoms with E-state index in [0.29, 0.717) is 34.0 Å². The number of carbonyl (C=O) groups excluding carboxylic acids is 2. The lowest BCUT2D eigenvalue weighted by Crippen LogP contribution is -2.32. The summed E-state index contributed by atoms with van der Waals surface area (Å²) in [4.78, 5) is 28.1. The molecule has 1 N–H and O–H groups in total. The zero-order valence-corrected chi connectivity index (χ0v) is 17.5. The van der Waals surface area contributed by atoms with Gasteiger partial charge in [-0.3, -0.25) is 9.59 Å². The molecular weight excluding hydrogens is 392 g/mol. The molecule has 0 radical (unpaired) electrons. The van der Waals surface area contributed by atoms with Crippen LogP contribution in [0.2, 0.25) is 0 Å². The minimum atomic E-state index is -0.431. The third kappa shape index (κ3) is 3.75. The number of anilines is 2. The molecule has 6 heteroatoms. The number of rotatable bonds is 6. The van der Waals surface area contributed by atoms with Gasteiger partial charge in [-0.2, -0.15) is 0 Å². The van der Waals surface area contributed by atoms with E-state index in [1.54, 1.807) is 38.5 Å². The second kappa shape index (κ2) is 8.36. The van der Waals surface area contributed by atoms with Crippen molar-refractivity contribution in [3.8, 4) is 11.5 Å². The monoisotopic (exact) mass is 414 g/mol. The molecule has 0 atom stereocenters. The van der Waals surface area contributed by atoms with E-state index in [1.165, 1.54) is 4.90 Å². The summed E-state index contributed by atoms with van der Waals surface area (Å²) >= 11 is 0. The molecule has 0 aliphatic carbocycles. The highest BCUT2D eigenvalue weighted by molar-refractivity contribution is 6.46. The Kier molecular flexibility index (Phi) is 5.45. The fourth-order valence-electron chi connectivity index (χ4n) is 3.57. The SMILES string of the molecule is COc1ccc(OC)c(NC2=C(c3ccccc3)C(=O)N(c3cccc(C)c3)C2=O)c1. The van der Waals surface area contributed by atoms with Gasteiger partial charge in [0, 0.05) is 6.07 Å². The molecule has 0 fully saturated rings. The number of hydrogen-bond acceptors (Lipinski definition) is 5. The maximum atomic E-state index is 13.5. The highest BCUT2D eigenvalue weighted by atomic mass is 16.5. The number of aryl methyl sites for hydroxylation is 1. The van der Waals surface area contributed by atoms with Crippen LogP contribution in [0.3, 0.4) is 0 Å². The van der Waals surface area contributed by atoms with Crippen molar-refractivity contribution >= 4 is 28.8 Å². The average molecular weight is 414 g/mol. The number of carbonyl (C=O) groups is 2. The number of imide groups is 1. The maximum Gasteiger partial charge on any atom is 0.282 e. The summed E-state index contributed by atoms with van der Waals surface area (Å²) in [5.41, 5.74) is 3.15. The van der Waals surface area contributed by atoms with Gasteiger partial charge in [0.05, 0.1) is 31.2 Å². The van der Waals surface area contributed by atoms with Crippen molar-refractivity contribution in [2.24, 2.45) is 0 Å². The van der Waals surface area contributed by atoms with E-state index in [0.717, 1.165) is 5.56 Å². The van der Waals surface area contributed by atoms with Crippen molar-refractivity contribution in [2.75, 3.05) is 24.4 Å². The molecule has 0 saturated heterocycles. The molecule has 0 aromatic heterocycles. The van der Waals surface area contributed by atoms with Gasteiger partial charge >= 0.3 is 0 Å².